The predicted molar refractivity (Wildman–Crippen MR) is 84.9 cm³/mol. The van der Waals surface area contributed by atoms with Crippen LogP contribution in [0.3, 0.4) is 0 Å². The summed E-state index contributed by atoms with van der Waals surface area (Å²) in [5.41, 5.74) is 0.423. The summed E-state index contributed by atoms with van der Waals surface area (Å²) in [6.07, 6.45) is 2.44. The molecule has 122 valence electrons. The van der Waals surface area contributed by atoms with Crippen molar-refractivity contribution >= 4 is 10.0 Å². The van der Waals surface area contributed by atoms with E-state index in [-0.39, 0.29) is 11.7 Å². The molecule has 1 aromatic carbocycles. The van der Waals surface area contributed by atoms with Crippen LogP contribution in [0.25, 0.3) is 0 Å². The van der Waals surface area contributed by atoms with Gasteiger partial charge in [0.15, 0.2) is 4.90 Å². The fraction of sp³-hybridized carbons (Fsp3) is 0.333. The number of nitrogens with one attached hydrogen (secondary N) is 3. The van der Waals surface area contributed by atoms with Gasteiger partial charge in [0.25, 0.3) is 5.56 Å². The number of benzene rings is 1. The number of sulfonamides is 1. The van der Waals surface area contributed by atoms with E-state index in [2.05, 4.69) is 9.71 Å². The lowest BCUT2D eigenvalue weighted by Gasteiger charge is -2.26. The Morgan fingerprint density at radius 3 is 2.65 bits per heavy atom. The Kier molecular flexibility index (Phi) is 3.95. The normalized spacial score (nSPS) is 17.7. The molecule has 1 atom stereocenters. The van der Waals surface area contributed by atoms with Crippen LogP contribution in [0.2, 0.25) is 0 Å². The Labute approximate surface area is 132 Å². The van der Waals surface area contributed by atoms with Crippen LogP contribution in [-0.2, 0) is 16.4 Å². The average molecular weight is 335 g/mol. The van der Waals surface area contributed by atoms with Gasteiger partial charge >= 0.3 is 5.69 Å². The van der Waals surface area contributed by atoms with Crippen LogP contribution in [0.1, 0.15) is 35.7 Å². The van der Waals surface area contributed by atoms with Crippen LogP contribution in [-0.4, -0.2) is 18.4 Å². The van der Waals surface area contributed by atoms with Gasteiger partial charge in [0.1, 0.15) is 0 Å². The molecule has 8 heteroatoms. The van der Waals surface area contributed by atoms with E-state index in [1.54, 1.807) is 0 Å². The topological polar surface area (TPSA) is 112 Å². The summed E-state index contributed by atoms with van der Waals surface area (Å²) in [5, 5.41) is 0. The number of hydrogen-bond donors (Lipinski definition) is 3. The highest BCUT2D eigenvalue weighted by molar-refractivity contribution is 7.89. The van der Waals surface area contributed by atoms with E-state index in [1.807, 2.05) is 29.2 Å². The summed E-state index contributed by atoms with van der Waals surface area (Å²) in [7, 11) is -4.04. The quantitative estimate of drug-likeness (QED) is 0.767. The molecule has 0 spiro atoms. The predicted octanol–water partition coefficient (Wildman–Crippen LogP) is 0.728. The summed E-state index contributed by atoms with van der Waals surface area (Å²) in [5.74, 6) is 0. The van der Waals surface area contributed by atoms with Crippen molar-refractivity contribution in [2.24, 2.45) is 0 Å². The molecule has 1 aliphatic carbocycles. The molecule has 0 bridgehead atoms. The van der Waals surface area contributed by atoms with Crippen molar-refractivity contribution in [3.63, 3.8) is 0 Å². The average Bonchev–Trinajstić information content (AvgIpc) is 2.45. The van der Waals surface area contributed by atoms with Gasteiger partial charge in [-0.15, -0.1) is 0 Å². The standard InChI is InChI=1S/C15H17N3O4S/c1-9-13(14(19)17-15(20)16-9)23(21,22)18-12-8-4-6-10-5-2-3-7-11(10)12/h2-3,5,7,12,18H,4,6,8H2,1H3,(H2,16,17,19,20). The van der Waals surface area contributed by atoms with Crippen molar-refractivity contribution in [3.05, 3.63) is 61.9 Å². The fourth-order valence-electron chi connectivity index (χ4n) is 3.03. The zero-order valence-electron chi connectivity index (χ0n) is 12.5. The van der Waals surface area contributed by atoms with E-state index >= 15 is 0 Å². The number of rotatable bonds is 3. The van der Waals surface area contributed by atoms with Crippen molar-refractivity contribution in [1.82, 2.24) is 14.7 Å². The molecular weight excluding hydrogens is 318 g/mol. The minimum Gasteiger partial charge on any atom is -0.310 e. The second-order valence-corrected chi connectivity index (χ2v) is 7.28. The minimum absolute atomic E-state index is 0.0235. The highest BCUT2D eigenvalue weighted by Gasteiger charge is 2.28. The number of aromatic amines is 2. The van der Waals surface area contributed by atoms with Gasteiger partial charge in [-0.1, -0.05) is 24.3 Å². The van der Waals surface area contributed by atoms with Gasteiger partial charge < -0.3 is 4.98 Å². The second-order valence-electron chi connectivity index (χ2n) is 5.63. The monoisotopic (exact) mass is 335 g/mol. The van der Waals surface area contributed by atoms with Gasteiger partial charge in [-0.05, 0) is 37.3 Å². The number of H-pyrrole nitrogens is 2. The molecule has 0 radical (unpaired) electrons. The first-order valence-corrected chi connectivity index (χ1v) is 8.80. The van der Waals surface area contributed by atoms with Crippen molar-refractivity contribution in [2.75, 3.05) is 0 Å². The minimum atomic E-state index is -4.04. The number of hydrogen-bond acceptors (Lipinski definition) is 4. The zero-order valence-corrected chi connectivity index (χ0v) is 13.4. The molecule has 0 fully saturated rings. The van der Waals surface area contributed by atoms with Crippen LogP contribution in [0.15, 0.2) is 38.8 Å². The van der Waals surface area contributed by atoms with Crippen LogP contribution in [0, 0.1) is 6.92 Å². The van der Waals surface area contributed by atoms with E-state index in [0.29, 0.717) is 6.42 Å². The lowest BCUT2D eigenvalue weighted by Crippen LogP contribution is -2.37. The third-order valence-corrected chi connectivity index (χ3v) is 5.63. The molecule has 1 aliphatic rings. The Balaban J connectivity index is 2.01. The molecule has 1 heterocycles. The summed E-state index contributed by atoms with van der Waals surface area (Å²) >= 11 is 0. The Hall–Kier alpha value is -2.19. The van der Waals surface area contributed by atoms with Crippen molar-refractivity contribution in [1.29, 1.82) is 0 Å². The fourth-order valence-corrected chi connectivity index (χ4v) is 4.52. The van der Waals surface area contributed by atoms with Crippen molar-refractivity contribution in [3.8, 4) is 0 Å². The molecule has 1 aromatic heterocycles. The molecule has 3 rings (SSSR count). The van der Waals surface area contributed by atoms with Gasteiger partial charge in [0.05, 0.1) is 0 Å². The smallest absolute Gasteiger partial charge is 0.310 e. The van der Waals surface area contributed by atoms with Crippen molar-refractivity contribution in [2.45, 2.75) is 37.1 Å². The number of fused-ring (bicyclic) bond motifs is 1. The summed E-state index contributed by atoms with van der Waals surface area (Å²) < 4.78 is 27.8. The molecule has 0 aliphatic heterocycles. The molecule has 7 nitrogen and oxygen atoms in total. The third-order valence-electron chi connectivity index (χ3n) is 4.01. The molecule has 23 heavy (non-hydrogen) atoms. The van der Waals surface area contributed by atoms with Gasteiger partial charge in [-0.3, -0.25) is 9.78 Å². The molecule has 1 unspecified atom stereocenters. The van der Waals surface area contributed by atoms with E-state index in [1.165, 1.54) is 6.92 Å². The maximum atomic E-state index is 12.6. The molecular formula is C15H17N3O4S. The maximum Gasteiger partial charge on any atom is 0.325 e. The van der Waals surface area contributed by atoms with Gasteiger partial charge in [-0.25, -0.2) is 17.9 Å². The van der Waals surface area contributed by atoms with Gasteiger partial charge in [-0.2, -0.15) is 0 Å². The lowest BCUT2D eigenvalue weighted by atomic mass is 9.88. The number of aryl methyl sites for hydroxylation is 2. The van der Waals surface area contributed by atoms with Gasteiger partial charge in [0, 0.05) is 11.7 Å². The molecule has 0 saturated heterocycles. The van der Waals surface area contributed by atoms with Gasteiger partial charge in [0.2, 0.25) is 10.0 Å². The highest BCUT2D eigenvalue weighted by Crippen LogP contribution is 2.30. The third kappa shape index (κ3) is 2.99. The highest BCUT2D eigenvalue weighted by atomic mass is 32.2. The Morgan fingerprint density at radius 2 is 1.91 bits per heavy atom. The first kappa shape index (κ1) is 15.7. The Bertz CT molecular complexity index is 959. The largest absolute Gasteiger partial charge is 0.325 e. The first-order valence-electron chi connectivity index (χ1n) is 7.32. The lowest BCUT2D eigenvalue weighted by molar-refractivity contribution is 0.506. The molecule has 0 saturated carbocycles. The van der Waals surface area contributed by atoms with Crippen LogP contribution >= 0.6 is 0 Å². The summed E-state index contributed by atoms with van der Waals surface area (Å²) in [4.78, 5) is 26.9. The summed E-state index contributed by atoms with van der Waals surface area (Å²) in [6.45, 7) is 1.39. The summed E-state index contributed by atoms with van der Waals surface area (Å²) in [6, 6.07) is 7.28. The first-order chi connectivity index (χ1) is 10.9. The maximum absolute atomic E-state index is 12.6. The van der Waals surface area contributed by atoms with Crippen LogP contribution in [0.5, 0.6) is 0 Å². The van der Waals surface area contributed by atoms with Crippen molar-refractivity contribution < 1.29 is 8.42 Å². The van der Waals surface area contributed by atoms with Crippen LogP contribution < -0.4 is 16.0 Å². The molecule has 3 N–H and O–H groups in total. The van der Waals surface area contributed by atoms with E-state index < -0.39 is 26.2 Å². The molecule has 2 aromatic rings. The van der Waals surface area contributed by atoms with E-state index in [9.17, 15) is 18.0 Å². The van der Waals surface area contributed by atoms with Crippen LogP contribution in [0.4, 0.5) is 0 Å². The Morgan fingerprint density at radius 1 is 1.17 bits per heavy atom. The van der Waals surface area contributed by atoms with E-state index in [0.717, 1.165) is 24.0 Å². The zero-order chi connectivity index (χ0) is 16.6. The second kappa shape index (κ2) is 5.78. The SMILES string of the molecule is Cc1[nH]c(=O)[nH]c(=O)c1S(=O)(=O)NC1CCCc2ccccc21. The van der Waals surface area contributed by atoms with E-state index in [4.69, 9.17) is 0 Å². The number of aromatic nitrogens is 2. The molecule has 0 amide bonds.